The fourth-order valence-electron chi connectivity index (χ4n) is 3.13. The second-order valence-corrected chi connectivity index (χ2v) is 5.76. The molecule has 1 aliphatic carbocycles. The van der Waals surface area contributed by atoms with Crippen LogP contribution >= 0.6 is 0 Å². The molecule has 19 heavy (non-hydrogen) atoms. The molecule has 3 nitrogen and oxygen atoms in total. The predicted octanol–water partition coefficient (Wildman–Crippen LogP) is 3.47. The summed E-state index contributed by atoms with van der Waals surface area (Å²) in [7, 11) is 0. The number of fused-ring (bicyclic) bond motifs is 1. The van der Waals surface area contributed by atoms with E-state index in [-0.39, 0.29) is 0 Å². The van der Waals surface area contributed by atoms with Crippen molar-refractivity contribution >= 4 is 0 Å². The van der Waals surface area contributed by atoms with Crippen LogP contribution in [0.4, 0.5) is 0 Å². The molecule has 2 aliphatic rings. The lowest BCUT2D eigenvalue weighted by Crippen LogP contribution is -2.34. The number of nitrogens with one attached hydrogen (secondary N) is 1. The van der Waals surface area contributed by atoms with Gasteiger partial charge in [0.15, 0.2) is 11.5 Å². The fourth-order valence-corrected chi connectivity index (χ4v) is 3.13. The van der Waals surface area contributed by atoms with Crippen LogP contribution in [0.25, 0.3) is 0 Å². The first-order valence-electron chi connectivity index (χ1n) is 7.45. The lowest BCUT2D eigenvalue weighted by Gasteiger charge is -2.28. The van der Waals surface area contributed by atoms with Crippen LogP contribution in [0.2, 0.25) is 0 Å². The third-order valence-corrected chi connectivity index (χ3v) is 4.42. The summed E-state index contributed by atoms with van der Waals surface area (Å²) >= 11 is 0. The Morgan fingerprint density at radius 1 is 1.16 bits per heavy atom. The van der Waals surface area contributed by atoms with Gasteiger partial charge in [-0.3, -0.25) is 0 Å². The monoisotopic (exact) mass is 261 g/mol. The maximum atomic E-state index is 5.41. The Hall–Kier alpha value is -1.22. The molecule has 3 heteroatoms. The van der Waals surface area contributed by atoms with Crippen LogP contribution in [-0.2, 0) is 6.54 Å². The first kappa shape index (κ1) is 12.8. The van der Waals surface area contributed by atoms with Crippen molar-refractivity contribution in [3.63, 3.8) is 0 Å². The average Bonchev–Trinajstić information content (AvgIpc) is 2.93. The predicted molar refractivity (Wildman–Crippen MR) is 75.4 cm³/mol. The van der Waals surface area contributed by atoms with E-state index in [4.69, 9.17) is 9.47 Å². The van der Waals surface area contributed by atoms with Crippen LogP contribution in [-0.4, -0.2) is 12.8 Å². The van der Waals surface area contributed by atoms with Crippen molar-refractivity contribution in [2.24, 2.45) is 5.92 Å². The Kier molecular flexibility index (Phi) is 3.92. The largest absolute Gasteiger partial charge is 0.454 e. The molecule has 1 aromatic rings. The minimum atomic E-state index is 0.352. The van der Waals surface area contributed by atoms with E-state index in [1.165, 1.54) is 37.7 Å². The van der Waals surface area contributed by atoms with Gasteiger partial charge in [-0.15, -0.1) is 0 Å². The summed E-state index contributed by atoms with van der Waals surface area (Å²) in [6.45, 7) is 3.59. The van der Waals surface area contributed by atoms with Gasteiger partial charge in [0.25, 0.3) is 0 Å². The Morgan fingerprint density at radius 3 is 2.79 bits per heavy atom. The standard InChI is InChI=1S/C16H23NO2/c1-12(14-5-3-2-4-6-14)17-10-13-7-8-15-16(9-13)19-11-18-15/h7-9,12,14,17H,2-6,10-11H2,1H3/t12-/m1/s1. The average molecular weight is 261 g/mol. The highest BCUT2D eigenvalue weighted by atomic mass is 16.7. The quantitative estimate of drug-likeness (QED) is 0.900. The molecule has 3 rings (SSSR count). The van der Waals surface area contributed by atoms with Crippen molar-refractivity contribution in [2.45, 2.75) is 51.6 Å². The Bertz CT molecular complexity index is 427. The third-order valence-electron chi connectivity index (χ3n) is 4.42. The summed E-state index contributed by atoms with van der Waals surface area (Å²) in [5.41, 5.74) is 1.27. The Morgan fingerprint density at radius 2 is 1.95 bits per heavy atom. The zero-order chi connectivity index (χ0) is 13.1. The topological polar surface area (TPSA) is 30.5 Å². The summed E-state index contributed by atoms with van der Waals surface area (Å²) in [6, 6.07) is 6.81. The van der Waals surface area contributed by atoms with Crippen molar-refractivity contribution in [1.29, 1.82) is 0 Å². The van der Waals surface area contributed by atoms with Gasteiger partial charge < -0.3 is 14.8 Å². The van der Waals surface area contributed by atoms with E-state index in [1.807, 2.05) is 6.07 Å². The molecule has 0 aromatic heterocycles. The van der Waals surface area contributed by atoms with Crippen LogP contribution in [0.3, 0.4) is 0 Å². The number of rotatable bonds is 4. The van der Waals surface area contributed by atoms with E-state index in [9.17, 15) is 0 Å². The molecule has 0 amide bonds. The molecule has 1 saturated carbocycles. The van der Waals surface area contributed by atoms with Crippen LogP contribution in [0.15, 0.2) is 18.2 Å². The Labute approximate surface area is 115 Å². The van der Waals surface area contributed by atoms with E-state index < -0.39 is 0 Å². The smallest absolute Gasteiger partial charge is 0.231 e. The molecule has 1 atom stereocenters. The third kappa shape index (κ3) is 3.03. The lowest BCUT2D eigenvalue weighted by molar-refractivity contribution is 0.174. The first-order chi connectivity index (χ1) is 9.33. The maximum Gasteiger partial charge on any atom is 0.231 e. The fraction of sp³-hybridized carbons (Fsp3) is 0.625. The van der Waals surface area contributed by atoms with Crippen LogP contribution in [0.1, 0.15) is 44.6 Å². The minimum absolute atomic E-state index is 0.352. The minimum Gasteiger partial charge on any atom is -0.454 e. The van der Waals surface area contributed by atoms with Crippen molar-refractivity contribution in [3.8, 4) is 11.5 Å². The van der Waals surface area contributed by atoms with Gasteiger partial charge >= 0.3 is 0 Å². The molecule has 1 heterocycles. The first-order valence-corrected chi connectivity index (χ1v) is 7.45. The summed E-state index contributed by atoms with van der Waals surface area (Å²) in [4.78, 5) is 0. The second-order valence-electron chi connectivity index (χ2n) is 5.76. The van der Waals surface area contributed by atoms with Crippen molar-refractivity contribution in [1.82, 2.24) is 5.32 Å². The molecule has 0 bridgehead atoms. The van der Waals surface area contributed by atoms with E-state index in [0.717, 1.165) is 24.0 Å². The van der Waals surface area contributed by atoms with Crippen molar-refractivity contribution in [2.75, 3.05) is 6.79 Å². The number of hydrogen-bond acceptors (Lipinski definition) is 3. The molecule has 1 N–H and O–H groups in total. The van der Waals surface area contributed by atoms with E-state index >= 15 is 0 Å². The molecule has 1 aromatic carbocycles. The van der Waals surface area contributed by atoms with Gasteiger partial charge in [-0.25, -0.2) is 0 Å². The van der Waals surface area contributed by atoms with Gasteiger partial charge in [0.2, 0.25) is 6.79 Å². The molecule has 0 saturated heterocycles. The van der Waals surface area contributed by atoms with Crippen molar-refractivity contribution < 1.29 is 9.47 Å². The maximum absolute atomic E-state index is 5.41. The van der Waals surface area contributed by atoms with Crippen LogP contribution < -0.4 is 14.8 Å². The lowest BCUT2D eigenvalue weighted by atomic mass is 9.84. The van der Waals surface area contributed by atoms with Crippen LogP contribution in [0, 0.1) is 5.92 Å². The zero-order valence-electron chi connectivity index (χ0n) is 11.7. The molecular formula is C16H23NO2. The molecule has 104 valence electrons. The molecule has 1 aliphatic heterocycles. The molecule has 0 spiro atoms. The van der Waals surface area contributed by atoms with Gasteiger partial charge in [0.05, 0.1) is 0 Å². The summed E-state index contributed by atoms with van der Waals surface area (Å²) in [5.74, 6) is 2.59. The summed E-state index contributed by atoms with van der Waals surface area (Å²) < 4.78 is 10.7. The molecule has 0 unspecified atom stereocenters. The van der Waals surface area contributed by atoms with Gasteiger partial charge in [0.1, 0.15) is 0 Å². The van der Waals surface area contributed by atoms with Gasteiger partial charge in [0, 0.05) is 12.6 Å². The number of hydrogen-bond donors (Lipinski definition) is 1. The second kappa shape index (κ2) is 5.83. The number of ether oxygens (including phenoxy) is 2. The van der Waals surface area contributed by atoms with Gasteiger partial charge in [-0.05, 0) is 43.4 Å². The normalized spacial score (nSPS) is 20.5. The van der Waals surface area contributed by atoms with E-state index in [2.05, 4.69) is 24.4 Å². The SMILES string of the molecule is C[C@@H](NCc1ccc2c(c1)OCO2)C1CCCCC1. The van der Waals surface area contributed by atoms with Crippen molar-refractivity contribution in [3.05, 3.63) is 23.8 Å². The highest BCUT2D eigenvalue weighted by Gasteiger charge is 2.20. The summed E-state index contributed by atoms with van der Waals surface area (Å²) in [6.07, 6.45) is 7.00. The zero-order valence-corrected chi connectivity index (χ0v) is 11.7. The molecule has 1 fully saturated rings. The summed E-state index contributed by atoms with van der Waals surface area (Å²) in [5, 5.41) is 3.66. The molecular weight excluding hydrogens is 238 g/mol. The highest BCUT2D eigenvalue weighted by molar-refractivity contribution is 5.44. The van der Waals surface area contributed by atoms with Gasteiger partial charge in [-0.1, -0.05) is 25.3 Å². The van der Waals surface area contributed by atoms with Crippen LogP contribution in [0.5, 0.6) is 11.5 Å². The van der Waals surface area contributed by atoms with E-state index in [0.29, 0.717) is 12.8 Å². The van der Waals surface area contributed by atoms with Gasteiger partial charge in [-0.2, -0.15) is 0 Å². The highest BCUT2D eigenvalue weighted by Crippen LogP contribution is 2.32. The number of benzene rings is 1. The Balaban J connectivity index is 1.53. The van der Waals surface area contributed by atoms with E-state index in [1.54, 1.807) is 0 Å². The molecule has 0 radical (unpaired) electrons.